The summed E-state index contributed by atoms with van der Waals surface area (Å²) < 4.78 is 5.74. The Bertz CT molecular complexity index is 523. The second-order valence-corrected chi connectivity index (χ2v) is 4.30. The minimum Gasteiger partial charge on any atom is -0.469 e. The zero-order valence-electron chi connectivity index (χ0n) is 11.7. The Labute approximate surface area is 116 Å². The molecule has 0 aliphatic rings. The zero-order valence-corrected chi connectivity index (χ0v) is 11.7. The summed E-state index contributed by atoms with van der Waals surface area (Å²) in [6.07, 6.45) is 0.697. The first kappa shape index (κ1) is 15.7. The van der Waals surface area contributed by atoms with Gasteiger partial charge in [0, 0.05) is 26.1 Å². The number of carbonyl (C=O) groups is 2. The number of hydrogen-bond acceptors (Lipinski definition) is 5. The number of hydrogen-bond donors (Lipinski definition) is 0. The van der Waals surface area contributed by atoms with E-state index in [2.05, 4.69) is 4.74 Å². The molecule has 1 aromatic rings. The number of nitro groups is 1. The maximum Gasteiger partial charge on any atom is 0.323 e. The van der Waals surface area contributed by atoms with Crippen molar-refractivity contribution in [1.29, 1.82) is 0 Å². The summed E-state index contributed by atoms with van der Waals surface area (Å²) >= 11 is 0. The van der Waals surface area contributed by atoms with E-state index >= 15 is 0 Å². The van der Waals surface area contributed by atoms with Crippen LogP contribution in [0.15, 0.2) is 12.1 Å². The first-order chi connectivity index (χ1) is 9.38. The molecule has 1 aromatic heterocycles. The Morgan fingerprint density at radius 2 is 2.10 bits per heavy atom. The Balaban J connectivity index is 2.65. The molecule has 1 amide bonds. The van der Waals surface area contributed by atoms with Crippen LogP contribution in [0.1, 0.15) is 23.3 Å². The van der Waals surface area contributed by atoms with Gasteiger partial charge in [-0.25, -0.2) is 4.57 Å². The number of esters is 1. The lowest BCUT2D eigenvalue weighted by Crippen LogP contribution is -2.29. The van der Waals surface area contributed by atoms with E-state index in [1.54, 1.807) is 7.05 Å². The minimum absolute atomic E-state index is 0.142. The van der Waals surface area contributed by atoms with Crippen molar-refractivity contribution in [2.45, 2.75) is 12.8 Å². The Morgan fingerprint density at radius 3 is 2.60 bits per heavy atom. The van der Waals surface area contributed by atoms with Crippen LogP contribution in [-0.2, 0) is 16.6 Å². The highest BCUT2D eigenvalue weighted by atomic mass is 16.6. The molecule has 0 aliphatic heterocycles. The van der Waals surface area contributed by atoms with E-state index in [-0.39, 0.29) is 29.8 Å². The Morgan fingerprint density at radius 1 is 1.45 bits per heavy atom. The van der Waals surface area contributed by atoms with Gasteiger partial charge in [-0.1, -0.05) is 0 Å². The van der Waals surface area contributed by atoms with Crippen LogP contribution in [0.4, 0.5) is 5.82 Å². The van der Waals surface area contributed by atoms with Gasteiger partial charge in [-0.3, -0.25) is 9.59 Å². The van der Waals surface area contributed by atoms with E-state index in [0.717, 1.165) is 0 Å². The molecule has 0 bridgehead atoms. The second-order valence-electron chi connectivity index (χ2n) is 4.30. The third-order valence-electron chi connectivity index (χ3n) is 2.95. The summed E-state index contributed by atoms with van der Waals surface area (Å²) in [4.78, 5) is 34.7. The van der Waals surface area contributed by atoms with Crippen molar-refractivity contribution in [3.63, 3.8) is 0 Å². The van der Waals surface area contributed by atoms with E-state index in [9.17, 15) is 19.7 Å². The van der Waals surface area contributed by atoms with Gasteiger partial charge in [-0.15, -0.1) is 0 Å². The van der Waals surface area contributed by atoms with Crippen LogP contribution in [0, 0.1) is 10.1 Å². The van der Waals surface area contributed by atoms with Crippen LogP contribution >= 0.6 is 0 Å². The molecular formula is C12H17N3O5. The molecule has 0 unspecified atom stereocenters. The largest absolute Gasteiger partial charge is 0.469 e. The normalized spacial score (nSPS) is 10.2. The standard InChI is InChI=1S/C12H17N3O5/c1-13(8-4-5-11(16)20-3)12(17)9-6-7-10(14(9)2)15(18)19/h6-7H,4-5,8H2,1-3H3. The summed E-state index contributed by atoms with van der Waals surface area (Å²) in [6, 6.07) is 2.70. The highest BCUT2D eigenvalue weighted by Crippen LogP contribution is 2.16. The monoisotopic (exact) mass is 283 g/mol. The van der Waals surface area contributed by atoms with Crippen molar-refractivity contribution < 1.29 is 19.2 Å². The van der Waals surface area contributed by atoms with Gasteiger partial charge in [0.2, 0.25) is 0 Å². The molecule has 0 aliphatic carbocycles. The molecule has 0 N–H and O–H groups in total. The van der Waals surface area contributed by atoms with E-state index in [4.69, 9.17) is 0 Å². The number of amides is 1. The van der Waals surface area contributed by atoms with E-state index in [1.807, 2.05) is 0 Å². The van der Waals surface area contributed by atoms with Gasteiger partial charge in [0.1, 0.15) is 0 Å². The Kier molecular flexibility index (Phi) is 5.24. The van der Waals surface area contributed by atoms with Crippen molar-refractivity contribution in [3.8, 4) is 0 Å². The second kappa shape index (κ2) is 6.69. The molecule has 0 fully saturated rings. The molecule has 8 nitrogen and oxygen atoms in total. The van der Waals surface area contributed by atoms with Crippen molar-refractivity contribution in [2.75, 3.05) is 20.7 Å². The highest BCUT2D eigenvalue weighted by Gasteiger charge is 2.23. The molecule has 0 spiro atoms. The number of aromatic nitrogens is 1. The highest BCUT2D eigenvalue weighted by molar-refractivity contribution is 5.93. The van der Waals surface area contributed by atoms with Crippen molar-refractivity contribution in [3.05, 3.63) is 27.9 Å². The summed E-state index contributed by atoms with van der Waals surface area (Å²) in [6.45, 7) is 0.368. The van der Waals surface area contributed by atoms with E-state index < -0.39 is 4.92 Å². The first-order valence-corrected chi connectivity index (χ1v) is 6.01. The lowest BCUT2D eigenvalue weighted by molar-refractivity contribution is -0.391. The van der Waals surface area contributed by atoms with E-state index in [0.29, 0.717) is 13.0 Å². The third-order valence-corrected chi connectivity index (χ3v) is 2.95. The molecule has 0 saturated carbocycles. The fourth-order valence-corrected chi connectivity index (χ4v) is 1.76. The van der Waals surface area contributed by atoms with Crippen molar-refractivity contribution in [2.24, 2.45) is 7.05 Å². The van der Waals surface area contributed by atoms with Gasteiger partial charge in [0.15, 0.2) is 5.69 Å². The number of carbonyl (C=O) groups excluding carboxylic acids is 2. The molecular weight excluding hydrogens is 266 g/mol. The van der Waals surface area contributed by atoms with Crippen LogP contribution < -0.4 is 0 Å². The number of methoxy groups -OCH3 is 1. The van der Waals surface area contributed by atoms with Gasteiger partial charge in [-0.2, -0.15) is 0 Å². The molecule has 1 rings (SSSR count). The van der Waals surface area contributed by atoms with Crippen LogP contribution in [0.3, 0.4) is 0 Å². The topological polar surface area (TPSA) is 94.7 Å². The molecule has 1 heterocycles. The lowest BCUT2D eigenvalue weighted by Gasteiger charge is -2.15. The molecule has 0 atom stereocenters. The van der Waals surface area contributed by atoms with Crippen molar-refractivity contribution >= 4 is 17.7 Å². The molecule has 110 valence electrons. The molecule has 0 radical (unpaired) electrons. The first-order valence-electron chi connectivity index (χ1n) is 6.01. The average Bonchev–Trinajstić information content (AvgIpc) is 2.79. The van der Waals surface area contributed by atoms with E-state index in [1.165, 1.54) is 35.8 Å². The molecule has 0 saturated heterocycles. The number of rotatable bonds is 6. The van der Waals surface area contributed by atoms with Gasteiger partial charge in [0.25, 0.3) is 5.91 Å². The average molecular weight is 283 g/mol. The summed E-state index contributed by atoms with van der Waals surface area (Å²) in [5, 5.41) is 10.7. The predicted octanol–water partition coefficient (Wildman–Crippen LogP) is 0.958. The maximum absolute atomic E-state index is 12.1. The summed E-state index contributed by atoms with van der Waals surface area (Å²) in [5.41, 5.74) is 0.234. The molecule has 8 heteroatoms. The smallest absolute Gasteiger partial charge is 0.323 e. The van der Waals surface area contributed by atoms with Gasteiger partial charge in [-0.05, 0) is 17.4 Å². The summed E-state index contributed by atoms with van der Waals surface area (Å²) in [5.74, 6) is -0.804. The van der Waals surface area contributed by atoms with Crippen LogP contribution in [0.2, 0.25) is 0 Å². The molecule has 0 aromatic carbocycles. The fourth-order valence-electron chi connectivity index (χ4n) is 1.76. The number of nitrogens with zero attached hydrogens (tertiary/aromatic N) is 3. The minimum atomic E-state index is -0.548. The number of ether oxygens (including phenoxy) is 1. The third kappa shape index (κ3) is 3.56. The fraction of sp³-hybridized carbons (Fsp3) is 0.500. The van der Waals surface area contributed by atoms with Crippen molar-refractivity contribution in [1.82, 2.24) is 9.47 Å². The summed E-state index contributed by atoms with van der Waals surface area (Å²) in [7, 11) is 4.35. The van der Waals surface area contributed by atoms with Gasteiger partial charge < -0.3 is 19.8 Å². The maximum atomic E-state index is 12.1. The van der Waals surface area contributed by atoms with Crippen LogP contribution in [0.5, 0.6) is 0 Å². The Hall–Kier alpha value is -2.38. The van der Waals surface area contributed by atoms with Crippen LogP contribution in [-0.4, -0.2) is 47.0 Å². The quantitative estimate of drug-likeness (QED) is 0.440. The predicted molar refractivity (Wildman–Crippen MR) is 70.3 cm³/mol. The van der Waals surface area contributed by atoms with Gasteiger partial charge in [0.05, 0.1) is 14.2 Å². The SMILES string of the molecule is COC(=O)CCCN(C)C(=O)c1ccc([N+](=O)[O-])n1C. The van der Waals surface area contributed by atoms with Gasteiger partial charge >= 0.3 is 11.8 Å². The van der Waals surface area contributed by atoms with Crippen LogP contribution in [0.25, 0.3) is 0 Å². The lowest BCUT2D eigenvalue weighted by atomic mass is 10.3. The molecule has 20 heavy (non-hydrogen) atoms. The zero-order chi connectivity index (χ0) is 15.3.